The molecule has 4 nitrogen and oxygen atoms in total. The third-order valence-electron chi connectivity index (χ3n) is 2.10. The van der Waals surface area contributed by atoms with Crippen molar-refractivity contribution in [3.05, 3.63) is 41.1 Å². The van der Waals surface area contributed by atoms with Gasteiger partial charge in [-0.15, -0.1) is 0 Å². The molecule has 0 radical (unpaired) electrons. The van der Waals surface area contributed by atoms with Gasteiger partial charge < -0.3 is 4.72 Å². The minimum atomic E-state index is -2.25. The zero-order chi connectivity index (χ0) is 13.2. The second-order valence-corrected chi connectivity index (χ2v) is 7.04. The van der Waals surface area contributed by atoms with E-state index in [2.05, 4.69) is 36.5 Å². The molecular weight excluding hydrogens is 314 g/mol. The molecule has 0 fully saturated rings. The molecule has 0 amide bonds. The molecule has 1 aromatic carbocycles. The lowest BCUT2D eigenvalue weighted by atomic mass is 10.2. The van der Waals surface area contributed by atoms with Gasteiger partial charge in [0.25, 0.3) is 0 Å². The van der Waals surface area contributed by atoms with Crippen LogP contribution in [0.1, 0.15) is 0 Å². The van der Waals surface area contributed by atoms with Crippen LogP contribution in [0.3, 0.4) is 0 Å². The second kappa shape index (κ2) is 5.07. The standard InChI is InChI=1S/C12H12BrN3OS/c1-18(2,17)16-11-5-3-9(4-6-11)12-14-7-10(13)8-15-12/h3-8H,1H2,2H3,(H,16,17). The van der Waals surface area contributed by atoms with Crippen molar-refractivity contribution in [3.63, 3.8) is 0 Å². The van der Waals surface area contributed by atoms with Crippen LogP contribution >= 0.6 is 15.9 Å². The first-order chi connectivity index (χ1) is 8.44. The summed E-state index contributed by atoms with van der Waals surface area (Å²) in [5.74, 6) is 4.19. The van der Waals surface area contributed by atoms with Crippen molar-refractivity contribution in [1.82, 2.24) is 9.97 Å². The predicted molar refractivity (Wildman–Crippen MR) is 80.0 cm³/mol. The summed E-state index contributed by atoms with van der Waals surface area (Å²) in [6, 6.07) is 7.40. The fraction of sp³-hybridized carbons (Fsp3) is 0.0833. The van der Waals surface area contributed by atoms with Crippen molar-refractivity contribution in [2.24, 2.45) is 0 Å². The summed E-state index contributed by atoms with van der Waals surface area (Å²) in [5, 5.41) is 0. The van der Waals surface area contributed by atoms with Crippen molar-refractivity contribution in [3.8, 4) is 11.4 Å². The average molecular weight is 326 g/mol. The number of aromatic nitrogens is 2. The summed E-state index contributed by atoms with van der Waals surface area (Å²) >= 11 is 3.29. The number of hydrogen-bond acceptors (Lipinski definition) is 3. The SMILES string of the molecule is C=S(C)(=O)Nc1ccc(-c2ncc(Br)cn2)cc1. The van der Waals surface area contributed by atoms with Crippen LogP contribution in [0.2, 0.25) is 0 Å². The lowest BCUT2D eigenvalue weighted by molar-refractivity contribution is 0.688. The third-order valence-corrected chi connectivity index (χ3v) is 3.17. The molecule has 0 aliphatic rings. The summed E-state index contributed by atoms with van der Waals surface area (Å²) in [7, 11) is -2.25. The molecule has 1 unspecified atom stereocenters. The van der Waals surface area contributed by atoms with Crippen molar-refractivity contribution in [2.75, 3.05) is 11.0 Å². The number of benzene rings is 1. The van der Waals surface area contributed by atoms with E-state index in [0.717, 1.165) is 15.7 Å². The fourth-order valence-corrected chi connectivity index (χ4v) is 2.24. The molecule has 0 bridgehead atoms. The largest absolute Gasteiger partial charge is 0.313 e. The number of rotatable bonds is 3. The van der Waals surface area contributed by atoms with Gasteiger partial charge in [0.05, 0.1) is 4.47 Å². The van der Waals surface area contributed by atoms with Crippen LogP contribution in [0, 0.1) is 0 Å². The van der Waals surface area contributed by atoms with Crippen LogP contribution in [0.5, 0.6) is 0 Å². The summed E-state index contributed by atoms with van der Waals surface area (Å²) in [6.07, 6.45) is 4.95. The maximum atomic E-state index is 11.5. The molecule has 94 valence electrons. The van der Waals surface area contributed by atoms with E-state index in [0.29, 0.717) is 5.82 Å². The minimum Gasteiger partial charge on any atom is -0.313 e. The van der Waals surface area contributed by atoms with E-state index < -0.39 is 9.71 Å². The Hall–Kier alpha value is -1.40. The number of hydrogen-bond donors (Lipinski definition) is 1. The number of nitrogens with zero attached hydrogens (tertiary/aromatic N) is 2. The predicted octanol–water partition coefficient (Wildman–Crippen LogP) is 2.58. The minimum absolute atomic E-state index is 0.650. The summed E-state index contributed by atoms with van der Waals surface area (Å²) in [4.78, 5) is 8.41. The van der Waals surface area contributed by atoms with Crippen molar-refractivity contribution in [2.45, 2.75) is 0 Å². The van der Waals surface area contributed by atoms with E-state index in [9.17, 15) is 4.21 Å². The molecule has 0 spiro atoms. The van der Waals surface area contributed by atoms with Crippen LogP contribution in [-0.4, -0.2) is 26.3 Å². The maximum absolute atomic E-state index is 11.5. The Morgan fingerprint density at radius 3 is 2.28 bits per heavy atom. The van der Waals surface area contributed by atoms with Gasteiger partial charge in [0.2, 0.25) is 0 Å². The van der Waals surface area contributed by atoms with Crippen molar-refractivity contribution in [1.29, 1.82) is 0 Å². The van der Waals surface area contributed by atoms with Gasteiger partial charge in [0.1, 0.15) is 0 Å². The molecule has 0 aliphatic carbocycles. The highest BCUT2D eigenvalue weighted by molar-refractivity contribution is 9.10. The topological polar surface area (TPSA) is 54.9 Å². The highest BCUT2D eigenvalue weighted by atomic mass is 79.9. The molecular formula is C12H12BrN3OS. The summed E-state index contributed by atoms with van der Waals surface area (Å²) in [6.45, 7) is 0. The monoisotopic (exact) mass is 325 g/mol. The summed E-state index contributed by atoms with van der Waals surface area (Å²) < 4.78 is 15.2. The Bertz CT molecular complexity index is 636. The molecule has 0 aliphatic heterocycles. The van der Waals surface area contributed by atoms with Gasteiger partial charge >= 0.3 is 0 Å². The molecule has 2 aromatic rings. The molecule has 1 aromatic heterocycles. The molecule has 6 heteroatoms. The third kappa shape index (κ3) is 3.54. The Kier molecular flexibility index (Phi) is 3.68. The Labute approximate surface area is 115 Å². The molecule has 18 heavy (non-hydrogen) atoms. The molecule has 1 heterocycles. The van der Waals surface area contributed by atoms with Gasteiger partial charge in [-0.2, -0.15) is 0 Å². The van der Waals surface area contributed by atoms with Gasteiger partial charge in [-0.05, 0) is 46.1 Å². The highest BCUT2D eigenvalue weighted by Gasteiger charge is 2.02. The van der Waals surface area contributed by atoms with E-state index in [1.807, 2.05) is 24.3 Å². The zero-order valence-electron chi connectivity index (χ0n) is 9.76. The molecule has 2 rings (SSSR count). The van der Waals surface area contributed by atoms with Crippen molar-refractivity contribution < 1.29 is 4.21 Å². The van der Waals surface area contributed by atoms with E-state index in [1.54, 1.807) is 18.6 Å². The first kappa shape index (κ1) is 13.0. The van der Waals surface area contributed by atoms with Crippen LogP contribution in [0.4, 0.5) is 5.69 Å². The average Bonchev–Trinajstić information content (AvgIpc) is 2.29. The van der Waals surface area contributed by atoms with Crippen molar-refractivity contribution >= 4 is 37.2 Å². The van der Waals surface area contributed by atoms with E-state index in [-0.39, 0.29) is 0 Å². The lowest BCUT2D eigenvalue weighted by Crippen LogP contribution is -2.08. The molecule has 0 saturated heterocycles. The number of nitrogens with one attached hydrogen (secondary N) is 1. The van der Waals surface area contributed by atoms with Crippen LogP contribution in [0.25, 0.3) is 11.4 Å². The second-order valence-electron chi connectivity index (χ2n) is 3.91. The quantitative estimate of drug-likeness (QED) is 0.882. The van der Waals surface area contributed by atoms with Gasteiger partial charge in [0.15, 0.2) is 5.82 Å². The first-order valence-corrected chi connectivity index (χ1v) is 8.05. The van der Waals surface area contributed by atoms with Gasteiger partial charge in [0, 0.05) is 39.6 Å². The van der Waals surface area contributed by atoms with Crippen LogP contribution in [-0.2, 0) is 9.71 Å². The van der Waals surface area contributed by atoms with Crippen LogP contribution < -0.4 is 4.72 Å². The Morgan fingerprint density at radius 2 is 1.78 bits per heavy atom. The molecule has 0 saturated carbocycles. The van der Waals surface area contributed by atoms with E-state index >= 15 is 0 Å². The van der Waals surface area contributed by atoms with Gasteiger partial charge in [-0.3, -0.25) is 0 Å². The van der Waals surface area contributed by atoms with Gasteiger partial charge in [-0.1, -0.05) is 0 Å². The van der Waals surface area contributed by atoms with Gasteiger partial charge in [-0.25, -0.2) is 14.2 Å². The summed E-state index contributed by atoms with van der Waals surface area (Å²) in [5.41, 5.74) is 1.66. The Balaban J connectivity index is 2.25. The lowest BCUT2D eigenvalue weighted by Gasteiger charge is -2.07. The number of halogens is 1. The first-order valence-electron chi connectivity index (χ1n) is 5.12. The van der Waals surface area contributed by atoms with E-state index in [4.69, 9.17) is 0 Å². The highest BCUT2D eigenvalue weighted by Crippen LogP contribution is 2.19. The Morgan fingerprint density at radius 1 is 1.22 bits per heavy atom. The normalized spacial score (nSPS) is 13.9. The number of anilines is 1. The maximum Gasteiger partial charge on any atom is 0.159 e. The smallest absolute Gasteiger partial charge is 0.159 e. The zero-order valence-corrected chi connectivity index (χ0v) is 12.2. The molecule has 1 N–H and O–H groups in total. The van der Waals surface area contributed by atoms with Crippen LogP contribution in [0.15, 0.2) is 41.1 Å². The molecule has 1 atom stereocenters. The fourth-order valence-electron chi connectivity index (χ4n) is 1.40. The van der Waals surface area contributed by atoms with E-state index in [1.165, 1.54) is 0 Å².